The Hall–Kier alpha value is -1.31. The Labute approximate surface area is 124 Å². The Morgan fingerprint density at radius 1 is 1.35 bits per heavy atom. The standard InChI is InChI=1S/C12H18N2O4S.ClH/c1-3-19(17,18)10-6-4-9(5-7-10)11(13)8-14(2)12(15)16;/h4-7,11H,3,8,13H2,1-2H3,(H,15,16);1H/t11-;/m0./s1. The zero-order valence-corrected chi connectivity index (χ0v) is 12.9. The molecule has 1 aromatic rings. The number of sulfone groups is 1. The summed E-state index contributed by atoms with van der Waals surface area (Å²) in [5, 5.41) is 8.75. The van der Waals surface area contributed by atoms with E-state index in [1.165, 1.54) is 19.2 Å². The van der Waals surface area contributed by atoms with E-state index in [1.807, 2.05) is 0 Å². The van der Waals surface area contributed by atoms with Crippen molar-refractivity contribution < 1.29 is 18.3 Å². The largest absolute Gasteiger partial charge is 0.465 e. The van der Waals surface area contributed by atoms with Crippen molar-refractivity contribution in [1.82, 2.24) is 4.90 Å². The van der Waals surface area contributed by atoms with E-state index in [1.54, 1.807) is 19.1 Å². The number of halogens is 1. The summed E-state index contributed by atoms with van der Waals surface area (Å²) in [6.45, 7) is 1.73. The van der Waals surface area contributed by atoms with Crippen LogP contribution < -0.4 is 5.73 Å². The van der Waals surface area contributed by atoms with E-state index in [0.29, 0.717) is 5.56 Å². The molecule has 8 heteroatoms. The molecule has 0 aliphatic rings. The highest BCUT2D eigenvalue weighted by atomic mass is 35.5. The van der Waals surface area contributed by atoms with Gasteiger partial charge < -0.3 is 15.7 Å². The van der Waals surface area contributed by atoms with Gasteiger partial charge in [0.25, 0.3) is 0 Å². The fourth-order valence-electron chi connectivity index (χ4n) is 1.57. The summed E-state index contributed by atoms with van der Waals surface area (Å²) in [6, 6.07) is 5.73. The third-order valence-electron chi connectivity index (χ3n) is 2.84. The predicted octanol–water partition coefficient (Wildman–Crippen LogP) is 1.51. The zero-order valence-electron chi connectivity index (χ0n) is 11.3. The first-order chi connectivity index (χ1) is 8.77. The Morgan fingerprint density at radius 3 is 2.25 bits per heavy atom. The third-order valence-corrected chi connectivity index (χ3v) is 4.59. The maximum atomic E-state index is 11.6. The first kappa shape index (κ1) is 18.7. The highest BCUT2D eigenvalue weighted by molar-refractivity contribution is 7.91. The van der Waals surface area contributed by atoms with Crippen LogP contribution in [0.1, 0.15) is 18.5 Å². The van der Waals surface area contributed by atoms with Crippen molar-refractivity contribution in [2.45, 2.75) is 17.9 Å². The lowest BCUT2D eigenvalue weighted by atomic mass is 10.1. The normalized spacial score (nSPS) is 12.3. The Balaban J connectivity index is 0.00000361. The molecule has 0 aliphatic heterocycles. The summed E-state index contributed by atoms with van der Waals surface area (Å²) >= 11 is 0. The molecule has 0 radical (unpaired) electrons. The van der Waals surface area contributed by atoms with Gasteiger partial charge in [0.1, 0.15) is 0 Å². The number of nitrogens with two attached hydrogens (primary N) is 1. The van der Waals surface area contributed by atoms with Crippen LogP contribution >= 0.6 is 12.4 Å². The van der Waals surface area contributed by atoms with Crippen molar-refractivity contribution in [3.05, 3.63) is 29.8 Å². The van der Waals surface area contributed by atoms with E-state index in [0.717, 1.165) is 4.90 Å². The molecule has 1 atom stereocenters. The van der Waals surface area contributed by atoms with Gasteiger partial charge in [-0.05, 0) is 17.7 Å². The second kappa shape index (κ2) is 7.47. The Kier molecular flexibility index (Phi) is 6.98. The smallest absolute Gasteiger partial charge is 0.407 e. The second-order valence-corrected chi connectivity index (χ2v) is 6.52. The molecule has 0 spiro atoms. The van der Waals surface area contributed by atoms with Gasteiger partial charge >= 0.3 is 6.09 Å². The van der Waals surface area contributed by atoms with Crippen molar-refractivity contribution in [2.24, 2.45) is 5.73 Å². The molecule has 6 nitrogen and oxygen atoms in total. The van der Waals surface area contributed by atoms with Gasteiger partial charge in [-0.2, -0.15) is 0 Å². The molecular formula is C12H19ClN2O4S. The number of carbonyl (C=O) groups is 1. The Bertz CT molecular complexity index is 545. The summed E-state index contributed by atoms with van der Waals surface area (Å²) in [4.78, 5) is 12.0. The highest BCUT2D eigenvalue weighted by Gasteiger charge is 2.15. The fraction of sp³-hybridized carbons (Fsp3) is 0.417. The number of amides is 1. The van der Waals surface area contributed by atoms with Crippen molar-refractivity contribution in [2.75, 3.05) is 19.3 Å². The fourth-order valence-corrected chi connectivity index (χ4v) is 2.45. The van der Waals surface area contributed by atoms with E-state index in [9.17, 15) is 13.2 Å². The van der Waals surface area contributed by atoms with Crippen LogP contribution in [-0.2, 0) is 9.84 Å². The molecule has 0 bridgehead atoms. The molecule has 1 aromatic carbocycles. The minimum absolute atomic E-state index is 0. The Morgan fingerprint density at radius 2 is 1.85 bits per heavy atom. The third kappa shape index (κ3) is 4.66. The summed E-state index contributed by atoms with van der Waals surface area (Å²) in [6.07, 6.45) is -1.05. The number of likely N-dealkylation sites (N-methyl/N-ethyl adjacent to an activating group) is 1. The second-order valence-electron chi connectivity index (χ2n) is 4.24. The number of rotatable bonds is 5. The molecule has 1 amide bonds. The maximum absolute atomic E-state index is 11.6. The molecule has 114 valence electrons. The molecular weight excluding hydrogens is 304 g/mol. The number of carboxylic acid groups (broad SMARTS) is 1. The number of hydrogen-bond acceptors (Lipinski definition) is 4. The quantitative estimate of drug-likeness (QED) is 0.855. The van der Waals surface area contributed by atoms with Gasteiger partial charge in [0.2, 0.25) is 0 Å². The predicted molar refractivity (Wildman–Crippen MR) is 79.0 cm³/mol. The van der Waals surface area contributed by atoms with Crippen LogP contribution in [0.25, 0.3) is 0 Å². The van der Waals surface area contributed by atoms with Gasteiger partial charge in [-0.3, -0.25) is 0 Å². The van der Waals surface area contributed by atoms with E-state index in [4.69, 9.17) is 10.8 Å². The van der Waals surface area contributed by atoms with E-state index >= 15 is 0 Å². The van der Waals surface area contributed by atoms with Gasteiger partial charge in [0, 0.05) is 19.6 Å². The lowest BCUT2D eigenvalue weighted by Crippen LogP contribution is -2.32. The topological polar surface area (TPSA) is 101 Å². The number of benzene rings is 1. The monoisotopic (exact) mass is 322 g/mol. The molecule has 1 rings (SSSR count). The molecule has 20 heavy (non-hydrogen) atoms. The van der Waals surface area contributed by atoms with Crippen molar-refractivity contribution in [3.8, 4) is 0 Å². The van der Waals surface area contributed by atoms with Gasteiger partial charge in [-0.1, -0.05) is 19.1 Å². The summed E-state index contributed by atoms with van der Waals surface area (Å²) in [5.74, 6) is 0.0418. The van der Waals surface area contributed by atoms with Crippen molar-refractivity contribution in [3.63, 3.8) is 0 Å². The SMILES string of the molecule is CCS(=O)(=O)c1ccc([C@@H](N)CN(C)C(=O)O)cc1.Cl. The first-order valence-corrected chi connectivity index (χ1v) is 7.45. The zero-order chi connectivity index (χ0) is 14.6. The van der Waals surface area contributed by atoms with Crippen LogP contribution in [0.5, 0.6) is 0 Å². The average Bonchev–Trinajstić information content (AvgIpc) is 2.38. The van der Waals surface area contributed by atoms with Crippen molar-refractivity contribution in [1.29, 1.82) is 0 Å². The molecule has 0 aromatic heterocycles. The minimum Gasteiger partial charge on any atom is -0.465 e. The number of nitrogens with zero attached hydrogens (tertiary/aromatic N) is 1. The molecule has 3 N–H and O–H groups in total. The molecule has 0 saturated carbocycles. The highest BCUT2D eigenvalue weighted by Crippen LogP contribution is 2.16. The molecule has 0 heterocycles. The van der Waals surface area contributed by atoms with E-state index in [-0.39, 0.29) is 29.6 Å². The van der Waals surface area contributed by atoms with E-state index < -0.39 is 22.0 Å². The van der Waals surface area contributed by atoms with Gasteiger partial charge in [-0.25, -0.2) is 13.2 Å². The number of hydrogen-bond donors (Lipinski definition) is 2. The summed E-state index contributed by atoms with van der Waals surface area (Å²) in [7, 11) is -1.79. The maximum Gasteiger partial charge on any atom is 0.407 e. The average molecular weight is 323 g/mol. The lowest BCUT2D eigenvalue weighted by Gasteiger charge is -2.19. The van der Waals surface area contributed by atoms with Crippen LogP contribution in [0.2, 0.25) is 0 Å². The molecule has 0 fully saturated rings. The van der Waals surface area contributed by atoms with Crippen LogP contribution in [0.3, 0.4) is 0 Å². The van der Waals surface area contributed by atoms with Crippen molar-refractivity contribution >= 4 is 28.3 Å². The van der Waals surface area contributed by atoms with Gasteiger partial charge in [0.05, 0.1) is 10.6 Å². The van der Waals surface area contributed by atoms with Crippen LogP contribution in [0, 0.1) is 0 Å². The van der Waals surface area contributed by atoms with Gasteiger partial charge in [0.15, 0.2) is 9.84 Å². The lowest BCUT2D eigenvalue weighted by molar-refractivity contribution is 0.153. The summed E-state index contributed by atoms with van der Waals surface area (Å²) in [5.41, 5.74) is 6.57. The minimum atomic E-state index is -3.22. The van der Waals surface area contributed by atoms with Gasteiger partial charge in [-0.15, -0.1) is 12.4 Å². The van der Waals surface area contributed by atoms with E-state index in [2.05, 4.69) is 0 Å². The van der Waals surface area contributed by atoms with Crippen LogP contribution in [0.4, 0.5) is 4.79 Å². The summed E-state index contributed by atoms with van der Waals surface area (Å²) < 4.78 is 23.3. The van der Waals surface area contributed by atoms with Crippen LogP contribution in [0.15, 0.2) is 29.2 Å². The first-order valence-electron chi connectivity index (χ1n) is 5.80. The molecule has 0 aliphatic carbocycles. The molecule has 0 saturated heterocycles. The molecule has 0 unspecified atom stereocenters. The van der Waals surface area contributed by atoms with Crippen LogP contribution in [-0.4, -0.2) is 43.9 Å².